The zero-order valence-corrected chi connectivity index (χ0v) is 11.5. The van der Waals surface area contributed by atoms with Gasteiger partial charge in [0.2, 0.25) is 0 Å². The number of benzene rings is 1. The van der Waals surface area contributed by atoms with Gasteiger partial charge in [0, 0.05) is 16.9 Å². The molecule has 0 aliphatic rings. The molecule has 1 amide bonds. The molecular formula is C14H11ClN2O4. The van der Waals surface area contributed by atoms with Gasteiger partial charge in [0.25, 0.3) is 5.91 Å². The van der Waals surface area contributed by atoms with Crippen LogP contribution in [0, 0.1) is 0 Å². The van der Waals surface area contributed by atoms with Crippen molar-refractivity contribution in [3.05, 3.63) is 53.3 Å². The molecule has 1 aromatic carbocycles. The molecule has 0 aliphatic heterocycles. The van der Waals surface area contributed by atoms with Crippen LogP contribution in [0.25, 0.3) is 0 Å². The lowest BCUT2D eigenvalue weighted by atomic mass is 10.3. The summed E-state index contributed by atoms with van der Waals surface area (Å²) >= 11 is 5.79. The minimum atomic E-state index is -1.17. The first-order valence-electron chi connectivity index (χ1n) is 5.92. The molecule has 1 heterocycles. The Labute approximate surface area is 125 Å². The Balaban J connectivity index is 1.93. The third kappa shape index (κ3) is 4.47. The molecular weight excluding hydrogens is 296 g/mol. The maximum atomic E-state index is 11.7. The molecule has 108 valence electrons. The smallest absolute Gasteiger partial charge is 0.354 e. The van der Waals surface area contributed by atoms with Gasteiger partial charge in [-0.2, -0.15) is 0 Å². The number of hydrogen-bond acceptors (Lipinski definition) is 4. The first-order valence-corrected chi connectivity index (χ1v) is 6.30. The van der Waals surface area contributed by atoms with Crippen LogP contribution in [0.1, 0.15) is 10.5 Å². The number of hydrogen-bond donors (Lipinski definition) is 2. The van der Waals surface area contributed by atoms with E-state index in [2.05, 4.69) is 10.3 Å². The van der Waals surface area contributed by atoms with Gasteiger partial charge in [-0.15, -0.1) is 0 Å². The van der Waals surface area contributed by atoms with Crippen LogP contribution in [0.5, 0.6) is 5.75 Å². The van der Waals surface area contributed by atoms with Gasteiger partial charge in [0.05, 0.1) is 0 Å². The van der Waals surface area contributed by atoms with Crippen LogP contribution < -0.4 is 10.1 Å². The molecule has 21 heavy (non-hydrogen) atoms. The van der Waals surface area contributed by atoms with Gasteiger partial charge >= 0.3 is 5.97 Å². The van der Waals surface area contributed by atoms with Gasteiger partial charge in [0.1, 0.15) is 11.4 Å². The SMILES string of the molecule is O=C(COc1cccc(Cl)c1)Nc1ccnc(C(=O)O)c1. The average molecular weight is 307 g/mol. The third-order valence-electron chi connectivity index (χ3n) is 2.43. The molecule has 0 bridgehead atoms. The monoisotopic (exact) mass is 306 g/mol. The van der Waals surface area contributed by atoms with E-state index in [1.807, 2.05) is 0 Å². The molecule has 0 unspecified atom stereocenters. The Hall–Kier alpha value is -2.60. The van der Waals surface area contributed by atoms with E-state index >= 15 is 0 Å². The first-order chi connectivity index (χ1) is 10.0. The molecule has 0 saturated heterocycles. The zero-order valence-electron chi connectivity index (χ0n) is 10.7. The van der Waals surface area contributed by atoms with Crippen LogP contribution in [-0.4, -0.2) is 28.6 Å². The maximum Gasteiger partial charge on any atom is 0.354 e. The Morgan fingerprint density at radius 3 is 2.81 bits per heavy atom. The second kappa shape index (κ2) is 6.71. The molecule has 0 fully saturated rings. The van der Waals surface area contributed by atoms with Gasteiger partial charge < -0.3 is 15.2 Å². The fourth-order valence-electron chi connectivity index (χ4n) is 1.53. The number of rotatable bonds is 5. The molecule has 2 N–H and O–H groups in total. The average Bonchev–Trinajstić information content (AvgIpc) is 2.45. The lowest BCUT2D eigenvalue weighted by Gasteiger charge is -2.08. The van der Waals surface area contributed by atoms with Crippen molar-refractivity contribution >= 4 is 29.2 Å². The molecule has 0 aliphatic carbocycles. The van der Waals surface area contributed by atoms with Crippen LogP contribution in [0.2, 0.25) is 5.02 Å². The van der Waals surface area contributed by atoms with E-state index in [0.717, 1.165) is 0 Å². The Morgan fingerprint density at radius 2 is 2.10 bits per heavy atom. The van der Waals surface area contributed by atoms with Gasteiger partial charge in [0.15, 0.2) is 6.61 Å². The lowest BCUT2D eigenvalue weighted by Crippen LogP contribution is -2.20. The number of halogens is 1. The highest BCUT2D eigenvalue weighted by Crippen LogP contribution is 2.17. The number of pyridine rings is 1. The molecule has 0 saturated carbocycles. The second-order valence-corrected chi connectivity index (χ2v) is 4.47. The van der Waals surface area contributed by atoms with Crippen LogP contribution in [-0.2, 0) is 4.79 Å². The van der Waals surface area contributed by atoms with E-state index in [4.69, 9.17) is 21.4 Å². The van der Waals surface area contributed by atoms with E-state index < -0.39 is 11.9 Å². The number of anilines is 1. The molecule has 1 aromatic heterocycles. The minimum absolute atomic E-state index is 0.149. The highest BCUT2D eigenvalue weighted by molar-refractivity contribution is 6.30. The number of aromatic carboxylic acids is 1. The molecule has 6 nitrogen and oxygen atoms in total. The van der Waals surface area contributed by atoms with E-state index in [9.17, 15) is 9.59 Å². The van der Waals surface area contributed by atoms with Crippen LogP contribution in [0.3, 0.4) is 0 Å². The van der Waals surface area contributed by atoms with Crippen LogP contribution in [0.4, 0.5) is 5.69 Å². The van der Waals surface area contributed by atoms with Crippen molar-refractivity contribution in [2.24, 2.45) is 0 Å². The van der Waals surface area contributed by atoms with E-state index in [1.54, 1.807) is 24.3 Å². The number of amides is 1. The summed E-state index contributed by atoms with van der Waals surface area (Å²) in [6.45, 7) is -0.217. The van der Waals surface area contributed by atoms with E-state index in [1.165, 1.54) is 18.3 Å². The third-order valence-corrected chi connectivity index (χ3v) is 2.66. The number of carboxylic acid groups (broad SMARTS) is 1. The van der Waals surface area contributed by atoms with E-state index in [0.29, 0.717) is 16.5 Å². The topological polar surface area (TPSA) is 88.5 Å². The van der Waals surface area contributed by atoms with Crippen LogP contribution in [0.15, 0.2) is 42.6 Å². The summed E-state index contributed by atoms with van der Waals surface area (Å²) in [5.41, 5.74) is 0.186. The van der Waals surface area contributed by atoms with Gasteiger partial charge in [-0.25, -0.2) is 9.78 Å². The highest BCUT2D eigenvalue weighted by atomic mass is 35.5. The van der Waals surface area contributed by atoms with Crippen molar-refractivity contribution in [2.75, 3.05) is 11.9 Å². The summed E-state index contributed by atoms with van der Waals surface area (Å²) in [6, 6.07) is 9.41. The first kappa shape index (κ1) is 14.8. The largest absolute Gasteiger partial charge is 0.484 e. The number of nitrogens with one attached hydrogen (secondary N) is 1. The Bertz CT molecular complexity index is 676. The molecule has 0 atom stereocenters. The van der Waals surface area contributed by atoms with Crippen molar-refractivity contribution in [1.82, 2.24) is 4.98 Å². The summed E-state index contributed by atoms with van der Waals surface area (Å²) in [6.07, 6.45) is 1.30. The number of carbonyl (C=O) groups is 2. The number of nitrogens with zero attached hydrogens (tertiary/aromatic N) is 1. The maximum absolute atomic E-state index is 11.7. The highest BCUT2D eigenvalue weighted by Gasteiger charge is 2.08. The molecule has 2 aromatic rings. The van der Waals surface area contributed by atoms with Gasteiger partial charge in [-0.3, -0.25) is 4.79 Å². The summed E-state index contributed by atoms with van der Waals surface area (Å²) in [7, 11) is 0. The lowest BCUT2D eigenvalue weighted by molar-refractivity contribution is -0.118. The summed E-state index contributed by atoms with van der Waals surface area (Å²) in [4.78, 5) is 26.1. The molecule has 0 radical (unpaired) electrons. The normalized spacial score (nSPS) is 9.95. The fourth-order valence-corrected chi connectivity index (χ4v) is 1.71. The zero-order chi connectivity index (χ0) is 15.2. The van der Waals surface area contributed by atoms with Gasteiger partial charge in [-0.1, -0.05) is 17.7 Å². The predicted molar refractivity (Wildman–Crippen MR) is 76.8 cm³/mol. The van der Waals surface area contributed by atoms with E-state index in [-0.39, 0.29) is 12.3 Å². The minimum Gasteiger partial charge on any atom is -0.484 e. The molecule has 0 spiro atoms. The summed E-state index contributed by atoms with van der Waals surface area (Å²) in [5.74, 6) is -1.11. The molecule has 7 heteroatoms. The molecule has 2 rings (SSSR count). The Morgan fingerprint density at radius 1 is 1.29 bits per heavy atom. The van der Waals surface area contributed by atoms with Crippen molar-refractivity contribution in [2.45, 2.75) is 0 Å². The quantitative estimate of drug-likeness (QED) is 0.885. The predicted octanol–water partition coefficient (Wildman–Crippen LogP) is 2.45. The standard InChI is InChI=1S/C14H11ClN2O4/c15-9-2-1-3-11(6-9)21-8-13(18)17-10-4-5-16-12(7-10)14(19)20/h1-7H,8H2,(H,19,20)(H,16,17,18). The summed E-state index contributed by atoms with van der Waals surface area (Å²) < 4.78 is 5.27. The fraction of sp³-hybridized carbons (Fsp3) is 0.0714. The number of carbonyl (C=O) groups excluding carboxylic acids is 1. The van der Waals surface area contributed by atoms with Crippen molar-refractivity contribution in [1.29, 1.82) is 0 Å². The Kier molecular flexibility index (Phi) is 4.73. The number of aromatic nitrogens is 1. The van der Waals surface area contributed by atoms with Crippen molar-refractivity contribution < 1.29 is 19.4 Å². The summed E-state index contributed by atoms with van der Waals surface area (Å²) in [5, 5.41) is 11.8. The number of ether oxygens (including phenoxy) is 1. The van der Waals surface area contributed by atoms with Crippen molar-refractivity contribution in [3.8, 4) is 5.75 Å². The van der Waals surface area contributed by atoms with Crippen LogP contribution >= 0.6 is 11.6 Å². The van der Waals surface area contributed by atoms with Crippen molar-refractivity contribution in [3.63, 3.8) is 0 Å². The second-order valence-electron chi connectivity index (χ2n) is 4.03. The van der Waals surface area contributed by atoms with Gasteiger partial charge in [-0.05, 0) is 30.3 Å². The number of carboxylic acids is 1.